The Labute approximate surface area is 153 Å². The first-order valence-corrected chi connectivity index (χ1v) is 9.73. The zero-order valence-electron chi connectivity index (χ0n) is 15.3. The van der Waals surface area contributed by atoms with Crippen molar-refractivity contribution < 1.29 is 17.6 Å². The minimum absolute atomic E-state index is 0.172. The highest BCUT2D eigenvalue weighted by atomic mass is 32.2. The third-order valence-corrected chi connectivity index (χ3v) is 5.18. The first-order valence-electron chi connectivity index (χ1n) is 8.24. The second kappa shape index (κ2) is 7.86. The number of nitrogens with zero attached hydrogens (tertiary/aromatic N) is 1. The van der Waals surface area contributed by atoms with Gasteiger partial charge in [0.25, 0.3) is 15.9 Å². The number of halogens is 1. The monoisotopic (exact) mass is 378 g/mol. The maximum atomic E-state index is 13.7. The van der Waals surface area contributed by atoms with Crippen molar-refractivity contribution in [1.29, 1.82) is 0 Å². The molecule has 5 nitrogen and oxygen atoms in total. The van der Waals surface area contributed by atoms with Crippen LogP contribution < -0.4 is 4.72 Å². The van der Waals surface area contributed by atoms with Crippen molar-refractivity contribution in [1.82, 2.24) is 4.90 Å². The Morgan fingerprint density at radius 2 is 1.88 bits per heavy atom. The number of aryl methyl sites for hydroxylation is 1. The second-order valence-electron chi connectivity index (χ2n) is 6.68. The smallest absolute Gasteiger partial charge is 0.261 e. The third kappa shape index (κ3) is 4.82. The van der Waals surface area contributed by atoms with Crippen LogP contribution in [-0.4, -0.2) is 32.8 Å². The van der Waals surface area contributed by atoms with Gasteiger partial charge in [-0.25, -0.2) is 12.8 Å². The van der Waals surface area contributed by atoms with Crippen molar-refractivity contribution in [2.75, 3.05) is 18.3 Å². The molecular weight excluding hydrogens is 355 g/mol. The summed E-state index contributed by atoms with van der Waals surface area (Å²) in [5.74, 6) is -0.463. The first-order chi connectivity index (χ1) is 12.1. The zero-order valence-corrected chi connectivity index (χ0v) is 16.1. The summed E-state index contributed by atoms with van der Waals surface area (Å²) < 4.78 is 41.0. The Bertz CT molecular complexity index is 911. The fourth-order valence-corrected chi connectivity index (χ4v) is 3.58. The number of hydrogen-bond acceptors (Lipinski definition) is 3. The average molecular weight is 378 g/mol. The predicted octanol–water partition coefficient (Wildman–Crippen LogP) is 3.66. The van der Waals surface area contributed by atoms with Gasteiger partial charge < -0.3 is 4.90 Å². The van der Waals surface area contributed by atoms with Gasteiger partial charge in [0.2, 0.25) is 0 Å². The fraction of sp³-hybridized carbons (Fsp3) is 0.316. The molecule has 0 heterocycles. The molecule has 0 fully saturated rings. The van der Waals surface area contributed by atoms with Crippen molar-refractivity contribution in [3.63, 3.8) is 0 Å². The minimum atomic E-state index is -3.95. The molecular formula is C19H23FN2O3S. The van der Waals surface area contributed by atoms with Crippen molar-refractivity contribution in [2.24, 2.45) is 5.92 Å². The molecule has 0 unspecified atom stereocenters. The normalized spacial score (nSPS) is 11.5. The van der Waals surface area contributed by atoms with Crippen LogP contribution in [0, 0.1) is 18.7 Å². The van der Waals surface area contributed by atoms with E-state index in [1.807, 2.05) is 13.8 Å². The van der Waals surface area contributed by atoms with Crippen LogP contribution in [0.15, 0.2) is 47.4 Å². The molecule has 1 N–H and O–H groups in total. The summed E-state index contributed by atoms with van der Waals surface area (Å²) in [6.45, 7) is 6.17. The highest BCUT2D eigenvalue weighted by Gasteiger charge is 2.18. The molecule has 2 aromatic carbocycles. The van der Waals surface area contributed by atoms with Crippen LogP contribution in [0.25, 0.3) is 0 Å². The van der Waals surface area contributed by atoms with Gasteiger partial charge in [-0.05, 0) is 48.7 Å². The molecule has 1 amide bonds. The number of nitrogens with one attached hydrogen (secondary N) is 1. The van der Waals surface area contributed by atoms with E-state index in [0.29, 0.717) is 23.6 Å². The number of carbonyl (C=O) groups is 1. The van der Waals surface area contributed by atoms with Gasteiger partial charge in [-0.3, -0.25) is 9.52 Å². The van der Waals surface area contributed by atoms with E-state index in [0.717, 1.165) is 6.07 Å². The fourth-order valence-electron chi connectivity index (χ4n) is 2.52. The molecule has 140 valence electrons. The standard InChI is InChI=1S/C19H23FN2O3S/c1-13(2)12-22(4)19(23)15-6-5-7-16(10-15)21-26(24,25)17-9-8-14(3)18(20)11-17/h5-11,13,21H,12H2,1-4H3. The zero-order chi connectivity index (χ0) is 19.5. The lowest BCUT2D eigenvalue weighted by atomic mass is 10.1. The number of benzene rings is 2. The lowest BCUT2D eigenvalue weighted by Gasteiger charge is -2.19. The molecule has 2 rings (SSSR count). The van der Waals surface area contributed by atoms with E-state index in [9.17, 15) is 17.6 Å². The van der Waals surface area contributed by atoms with E-state index in [1.54, 1.807) is 37.1 Å². The van der Waals surface area contributed by atoms with E-state index < -0.39 is 15.8 Å². The average Bonchev–Trinajstić information content (AvgIpc) is 2.55. The van der Waals surface area contributed by atoms with Crippen molar-refractivity contribution in [3.8, 4) is 0 Å². The predicted molar refractivity (Wildman–Crippen MR) is 100 cm³/mol. The molecule has 0 aliphatic rings. The topological polar surface area (TPSA) is 66.5 Å². The van der Waals surface area contributed by atoms with Crippen molar-refractivity contribution in [3.05, 3.63) is 59.4 Å². The molecule has 0 saturated carbocycles. The summed E-state index contributed by atoms with van der Waals surface area (Å²) in [4.78, 5) is 13.9. The molecule has 0 radical (unpaired) electrons. The SMILES string of the molecule is Cc1ccc(S(=O)(=O)Nc2cccc(C(=O)N(C)CC(C)C)c2)cc1F. The van der Waals surface area contributed by atoms with Gasteiger partial charge in [-0.2, -0.15) is 0 Å². The lowest BCUT2D eigenvalue weighted by Crippen LogP contribution is -2.30. The Morgan fingerprint density at radius 3 is 2.50 bits per heavy atom. The van der Waals surface area contributed by atoms with Crippen LogP contribution in [0.5, 0.6) is 0 Å². The molecule has 2 aromatic rings. The second-order valence-corrected chi connectivity index (χ2v) is 8.36. The maximum Gasteiger partial charge on any atom is 0.261 e. The minimum Gasteiger partial charge on any atom is -0.341 e. The quantitative estimate of drug-likeness (QED) is 0.834. The highest BCUT2D eigenvalue weighted by Crippen LogP contribution is 2.20. The van der Waals surface area contributed by atoms with Gasteiger partial charge in [0.15, 0.2) is 0 Å². The Balaban J connectivity index is 2.24. The molecule has 0 aliphatic carbocycles. The van der Waals surface area contributed by atoms with E-state index in [2.05, 4.69) is 4.72 Å². The van der Waals surface area contributed by atoms with Crippen LogP contribution in [0.3, 0.4) is 0 Å². The lowest BCUT2D eigenvalue weighted by molar-refractivity contribution is 0.0779. The number of rotatable bonds is 6. The van der Waals surface area contributed by atoms with Crippen LogP contribution in [0.4, 0.5) is 10.1 Å². The molecule has 7 heteroatoms. The van der Waals surface area contributed by atoms with E-state index in [1.165, 1.54) is 18.2 Å². The molecule has 26 heavy (non-hydrogen) atoms. The summed E-state index contributed by atoms with van der Waals surface area (Å²) >= 11 is 0. The number of amides is 1. The van der Waals surface area contributed by atoms with Crippen molar-refractivity contribution >= 4 is 21.6 Å². The number of sulfonamides is 1. The highest BCUT2D eigenvalue weighted by molar-refractivity contribution is 7.92. The summed E-state index contributed by atoms with van der Waals surface area (Å²) in [6, 6.07) is 9.97. The molecule has 0 aromatic heterocycles. The van der Waals surface area contributed by atoms with Gasteiger partial charge in [-0.15, -0.1) is 0 Å². The van der Waals surface area contributed by atoms with Gasteiger partial charge in [0, 0.05) is 24.8 Å². The van der Waals surface area contributed by atoms with Gasteiger partial charge >= 0.3 is 0 Å². The van der Waals surface area contributed by atoms with Crippen LogP contribution in [0.1, 0.15) is 29.8 Å². The van der Waals surface area contributed by atoms with Gasteiger partial charge in [0.05, 0.1) is 4.90 Å². The van der Waals surface area contributed by atoms with Crippen LogP contribution in [-0.2, 0) is 10.0 Å². The van der Waals surface area contributed by atoms with E-state index in [-0.39, 0.29) is 16.5 Å². The summed E-state index contributed by atoms with van der Waals surface area (Å²) in [5.41, 5.74) is 0.989. The number of anilines is 1. The molecule has 0 aliphatic heterocycles. The van der Waals surface area contributed by atoms with Crippen LogP contribution >= 0.6 is 0 Å². The Kier molecular flexibility index (Phi) is 6.02. The number of carbonyl (C=O) groups excluding carboxylic acids is 1. The summed E-state index contributed by atoms with van der Waals surface area (Å²) in [6.07, 6.45) is 0. The summed E-state index contributed by atoms with van der Waals surface area (Å²) in [7, 11) is -2.25. The molecule has 0 atom stereocenters. The Morgan fingerprint density at radius 1 is 1.19 bits per heavy atom. The van der Waals surface area contributed by atoms with Crippen molar-refractivity contribution in [2.45, 2.75) is 25.7 Å². The third-order valence-electron chi connectivity index (χ3n) is 3.80. The molecule has 0 saturated heterocycles. The first kappa shape index (κ1) is 19.9. The number of hydrogen-bond donors (Lipinski definition) is 1. The maximum absolute atomic E-state index is 13.7. The molecule has 0 bridgehead atoms. The van der Waals surface area contributed by atoms with E-state index in [4.69, 9.17) is 0 Å². The largest absolute Gasteiger partial charge is 0.341 e. The van der Waals surface area contributed by atoms with E-state index >= 15 is 0 Å². The summed E-state index contributed by atoms with van der Waals surface area (Å²) in [5, 5.41) is 0. The van der Waals surface area contributed by atoms with Gasteiger partial charge in [-0.1, -0.05) is 26.0 Å². The van der Waals surface area contributed by atoms with Crippen LogP contribution in [0.2, 0.25) is 0 Å². The van der Waals surface area contributed by atoms with Gasteiger partial charge in [0.1, 0.15) is 5.82 Å². The Hall–Kier alpha value is -2.41. The molecule has 0 spiro atoms.